The number of hydrogen-bond donors (Lipinski definition) is 3. The molecule has 1 atom stereocenters. The van der Waals surface area contributed by atoms with Gasteiger partial charge in [-0.25, -0.2) is 0 Å². The van der Waals surface area contributed by atoms with Crippen molar-refractivity contribution in [2.75, 3.05) is 0 Å². The van der Waals surface area contributed by atoms with Gasteiger partial charge < -0.3 is 0 Å². The fourth-order valence-electron chi connectivity index (χ4n) is 3.28. The summed E-state index contributed by atoms with van der Waals surface area (Å²) in [5, 5.41) is 0.246. The summed E-state index contributed by atoms with van der Waals surface area (Å²) in [4.78, 5) is 33.2. The molecule has 0 saturated heterocycles. The molecule has 0 saturated carbocycles. The summed E-state index contributed by atoms with van der Waals surface area (Å²) in [6, 6.07) is 14.5. The van der Waals surface area contributed by atoms with Crippen molar-refractivity contribution in [3.05, 3.63) is 65.2 Å². The van der Waals surface area contributed by atoms with Crippen LogP contribution in [0.25, 0.3) is 0 Å². The van der Waals surface area contributed by atoms with Gasteiger partial charge in [-0.05, 0) is 0 Å². The molecule has 3 N–H and O–H groups in total. The molecule has 0 aliphatic rings. The van der Waals surface area contributed by atoms with Crippen LogP contribution in [-0.2, 0) is 0 Å². The predicted molar refractivity (Wildman–Crippen MR) is 93.1 cm³/mol. The van der Waals surface area contributed by atoms with Crippen molar-refractivity contribution in [1.29, 1.82) is 0 Å². The molecule has 0 radical (unpaired) electrons. The second-order valence-electron chi connectivity index (χ2n) is 6.38. The Hall–Kier alpha value is -1.25. The van der Waals surface area contributed by atoms with Gasteiger partial charge in [-0.2, -0.15) is 0 Å². The zero-order valence-electron chi connectivity index (χ0n) is 13.6. The quantitative estimate of drug-likeness (QED) is 0.754. The van der Waals surface area contributed by atoms with Gasteiger partial charge in [-0.3, -0.25) is 0 Å². The van der Waals surface area contributed by atoms with Crippen molar-refractivity contribution >= 4 is 12.6 Å². The molecule has 0 aromatic heterocycles. The Morgan fingerprint density at radius 3 is 1.77 bits per heavy atom. The molecule has 0 spiro atoms. The third-order valence-corrected chi connectivity index (χ3v) is 7.55. The van der Waals surface area contributed by atoms with Crippen molar-refractivity contribution in [3.8, 4) is 0 Å². The first-order valence-corrected chi connectivity index (χ1v) is 9.68. The molecule has 3 nitrogen and oxygen atoms in total. The third kappa shape index (κ3) is 2.95. The van der Waals surface area contributed by atoms with Crippen molar-refractivity contribution in [2.24, 2.45) is 5.92 Å². The third-order valence-electron chi connectivity index (χ3n) is 4.23. The Morgan fingerprint density at radius 2 is 1.27 bits per heavy atom. The van der Waals surface area contributed by atoms with Gasteiger partial charge in [0, 0.05) is 0 Å². The molecule has 0 fully saturated rings. The standard InChI is InChI=1S/C18H25O3P/c1-13(2)18(16-11-7-5-9-14(16)3)22(19,20,21)17-12-8-6-10-15(17)4/h5-13,18-21H,1-4H3. The fraction of sp³-hybridized carbons (Fsp3) is 0.333. The van der Waals surface area contributed by atoms with E-state index < -0.39 is 12.9 Å². The summed E-state index contributed by atoms with van der Waals surface area (Å²) in [6.07, 6.45) is 0. The van der Waals surface area contributed by atoms with Gasteiger partial charge in [-0.1, -0.05) is 0 Å². The normalized spacial score (nSPS) is 15.4. The zero-order chi connectivity index (χ0) is 16.6. The maximum atomic E-state index is 11.1. The molecule has 120 valence electrons. The molecule has 0 aliphatic heterocycles. The van der Waals surface area contributed by atoms with E-state index in [-0.39, 0.29) is 11.2 Å². The summed E-state index contributed by atoms with van der Waals surface area (Å²) in [6.45, 7) is 7.52. The van der Waals surface area contributed by atoms with Crippen molar-refractivity contribution in [3.63, 3.8) is 0 Å². The summed E-state index contributed by atoms with van der Waals surface area (Å²) in [5.74, 6) is -0.127. The average molecular weight is 320 g/mol. The van der Waals surface area contributed by atoms with Crippen LogP contribution >= 0.6 is 7.28 Å². The van der Waals surface area contributed by atoms with Gasteiger partial charge in [0.15, 0.2) is 0 Å². The molecular formula is C18H25O3P. The molecular weight excluding hydrogens is 295 g/mol. The van der Waals surface area contributed by atoms with Crippen LogP contribution in [0.2, 0.25) is 0 Å². The van der Waals surface area contributed by atoms with Crippen molar-refractivity contribution in [2.45, 2.75) is 33.4 Å². The molecule has 0 heterocycles. The van der Waals surface area contributed by atoms with Gasteiger partial charge in [-0.15, -0.1) is 0 Å². The van der Waals surface area contributed by atoms with Crippen molar-refractivity contribution in [1.82, 2.24) is 0 Å². The number of benzene rings is 2. The van der Waals surface area contributed by atoms with Crippen LogP contribution in [0.4, 0.5) is 0 Å². The Balaban J connectivity index is 2.71. The molecule has 0 amide bonds. The second kappa shape index (κ2) is 5.75. The molecule has 0 bridgehead atoms. The summed E-state index contributed by atoms with van der Waals surface area (Å²) in [7, 11) is -5.08. The summed E-state index contributed by atoms with van der Waals surface area (Å²) in [5.41, 5.74) is 1.67. The summed E-state index contributed by atoms with van der Waals surface area (Å²) >= 11 is 0. The first-order valence-electron chi connectivity index (χ1n) is 7.51. The van der Waals surface area contributed by atoms with Crippen LogP contribution in [-0.4, -0.2) is 14.7 Å². The predicted octanol–water partition coefficient (Wildman–Crippen LogP) is 3.60. The van der Waals surface area contributed by atoms with Crippen LogP contribution < -0.4 is 5.30 Å². The fourth-order valence-corrected chi connectivity index (χ4v) is 6.60. The van der Waals surface area contributed by atoms with E-state index in [2.05, 4.69) is 0 Å². The Kier molecular flexibility index (Phi) is 4.47. The number of aryl methyl sites for hydroxylation is 2. The monoisotopic (exact) mass is 320 g/mol. The molecule has 1 unspecified atom stereocenters. The number of hydrogen-bond acceptors (Lipinski definition) is 3. The van der Waals surface area contributed by atoms with E-state index in [0.717, 1.165) is 11.1 Å². The van der Waals surface area contributed by atoms with Crippen molar-refractivity contribution < 1.29 is 14.7 Å². The van der Waals surface area contributed by atoms with Gasteiger partial charge in [0.2, 0.25) is 0 Å². The minimum absolute atomic E-state index is 0.127. The molecule has 2 aromatic rings. The van der Waals surface area contributed by atoms with E-state index in [1.807, 2.05) is 51.1 Å². The van der Waals surface area contributed by atoms with E-state index in [9.17, 15) is 14.7 Å². The Labute approximate surface area is 132 Å². The minimum atomic E-state index is -5.08. The molecule has 2 rings (SSSR count). The van der Waals surface area contributed by atoms with Crippen LogP contribution in [0.1, 0.15) is 36.2 Å². The first-order chi connectivity index (χ1) is 10.1. The summed E-state index contributed by atoms with van der Waals surface area (Å²) < 4.78 is 0. The molecule has 4 heteroatoms. The zero-order valence-corrected chi connectivity index (χ0v) is 14.5. The molecule has 2 aromatic carbocycles. The average Bonchev–Trinajstić information content (AvgIpc) is 2.40. The molecule has 22 heavy (non-hydrogen) atoms. The van der Waals surface area contributed by atoms with Crippen LogP contribution in [0.15, 0.2) is 48.5 Å². The van der Waals surface area contributed by atoms with Gasteiger partial charge in [0.1, 0.15) is 0 Å². The van der Waals surface area contributed by atoms with Gasteiger partial charge in [0.05, 0.1) is 0 Å². The first kappa shape index (κ1) is 17.1. The van der Waals surface area contributed by atoms with E-state index in [0.29, 0.717) is 5.56 Å². The Morgan fingerprint density at radius 1 is 0.773 bits per heavy atom. The van der Waals surface area contributed by atoms with Crippen LogP contribution in [0.5, 0.6) is 0 Å². The van der Waals surface area contributed by atoms with Crippen LogP contribution in [0.3, 0.4) is 0 Å². The van der Waals surface area contributed by atoms with E-state index in [1.165, 1.54) is 0 Å². The Bertz CT molecular complexity index is 671. The second-order valence-corrected chi connectivity index (χ2v) is 9.50. The molecule has 0 aliphatic carbocycles. The number of rotatable bonds is 4. The van der Waals surface area contributed by atoms with E-state index in [1.54, 1.807) is 25.1 Å². The SMILES string of the molecule is Cc1ccccc1C(C(C)C)P(O)(O)(O)c1ccccc1C. The van der Waals surface area contributed by atoms with E-state index >= 15 is 0 Å². The van der Waals surface area contributed by atoms with Gasteiger partial charge >= 0.3 is 132 Å². The topological polar surface area (TPSA) is 60.7 Å². The van der Waals surface area contributed by atoms with E-state index in [4.69, 9.17) is 0 Å². The maximum absolute atomic E-state index is 11.1. The van der Waals surface area contributed by atoms with Gasteiger partial charge in [0.25, 0.3) is 0 Å². The van der Waals surface area contributed by atoms with Crippen LogP contribution in [0, 0.1) is 19.8 Å².